The highest BCUT2D eigenvalue weighted by Gasteiger charge is 2.20. The van der Waals surface area contributed by atoms with Crippen LogP contribution in [0.4, 0.5) is 4.79 Å². The Bertz CT molecular complexity index is 400. The second-order valence-electron chi connectivity index (χ2n) is 4.25. The van der Waals surface area contributed by atoms with Gasteiger partial charge in [0.1, 0.15) is 0 Å². The number of methoxy groups -OCH3 is 1. The van der Waals surface area contributed by atoms with Crippen LogP contribution in [0.2, 0.25) is 0 Å². The molecule has 2 rings (SSSR count). The summed E-state index contributed by atoms with van der Waals surface area (Å²) >= 11 is 0. The number of pyridine rings is 1. The molecule has 0 saturated carbocycles. The number of hydrogen-bond acceptors (Lipinski definition) is 4. The van der Waals surface area contributed by atoms with E-state index in [0.717, 1.165) is 25.2 Å². The van der Waals surface area contributed by atoms with E-state index in [9.17, 15) is 4.79 Å². The average molecular weight is 251 g/mol. The Balaban J connectivity index is 1.85. The lowest BCUT2D eigenvalue weighted by Crippen LogP contribution is -2.47. The van der Waals surface area contributed by atoms with E-state index in [1.54, 1.807) is 13.3 Å². The molecule has 1 amide bonds. The highest BCUT2D eigenvalue weighted by Crippen LogP contribution is 2.11. The number of piperazine rings is 1. The lowest BCUT2D eigenvalue weighted by Gasteiger charge is -2.32. The first kappa shape index (κ1) is 12.6. The number of hydrogen-bond donors (Lipinski definition) is 1. The average Bonchev–Trinajstić information content (AvgIpc) is 2.40. The Morgan fingerprint density at radius 2 is 2.11 bits per heavy atom. The minimum Gasteiger partial charge on any atom is -0.481 e. The minimum absolute atomic E-state index is 0.568. The van der Waals surface area contributed by atoms with Crippen LogP contribution in [-0.4, -0.2) is 59.3 Å². The molecule has 2 heterocycles. The van der Waals surface area contributed by atoms with Gasteiger partial charge in [-0.3, -0.25) is 4.90 Å². The molecule has 1 aromatic rings. The van der Waals surface area contributed by atoms with Crippen molar-refractivity contribution in [3.63, 3.8) is 0 Å². The van der Waals surface area contributed by atoms with Gasteiger partial charge in [-0.25, -0.2) is 9.78 Å². The largest absolute Gasteiger partial charge is 0.481 e. The van der Waals surface area contributed by atoms with Gasteiger partial charge in [0, 0.05) is 45.0 Å². The molecule has 1 saturated heterocycles. The summed E-state index contributed by atoms with van der Waals surface area (Å²) in [6.07, 6.45) is 0.961. The van der Waals surface area contributed by atoms with Crippen LogP contribution in [0.25, 0.3) is 0 Å². The molecule has 0 atom stereocenters. The quantitative estimate of drug-likeness (QED) is 0.864. The number of nitrogens with zero attached hydrogens (tertiary/aromatic N) is 3. The maximum Gasteiger partial charge on any atom is 0.407 e. The predicted octanol–water partition coefficient (Wildman–Crippen LogP) is 0.886. The summed E-state index contributed by atoms with van der Waals surface area (Å²) in [5.74, 6) is 0.606. The summed E-state index contributed by atoms with van der Waals surface area (Å²) in [5, 5.41) is 8.86. The fourth-order valence-electron chi connectivity index (χ4n) is 1.98. The van der Waals surface area contributed by atoms with E-state index in [1.807, 2.05) is 12.1 Å². The molecule has 0 radical (unpaired) electrons. The third-order valence-corrected chi connectivity index (χ3v) is 3.06. The van der Waals surface area contributed by atoms with E-state index in [4.69, 9.17) is 9.84 Å². The molecule has 0 spiro atoms. The highest BCUT2D eigenvalue weighted by atomic mass is 16.5. The molecular formula is C12H17N3O3. The smallest absolute Gasteiger partial charge is 0.407 e. The number of carbonyl (C=O) groups is 1. The van der Waals surface area contributed by atoms with Crippen molar-refractivity contribution in [2.24, 2.45) is 0 Å². The fourth-order valence-corrected chi connectivity index (χ4v) is 1.98. The van der Waals surface area contributed by atoms with E-state index in [1.165, 1.54) is 4.90 Å². The van der Waals surface area contributed by atoms with Crippen molar-refractivity contribution in [1.29, 1.82) is 0 Å². The molecule has 18 heavy (non-hydrogen) atoms. The molecule has 1 aliphatic rings. The SMILES string of the molecule is COc1ccc(CN2CCN(C(=O)O)CC2)cn1. The Labute approximate surface area is 106 Å². The second-order valence-corrected chi connectivity index (χ2v) is 4.25. The van der Waals surface area contributed by atoms with Crippen LogP contribution in [0.1, 0.15) is 5.56 Å². The molecule has 1 fully saturated rings. The van der Waals surface area contributed by atoms with Crippen LogP contribution in [0.15, 0.2) is 18.3 Å². The van der Waals surface area contributed by atoms with Gasteiger partial charge in [0.05, 0.1) is 7.11 Å². The van der Waals surface area contributed by atoms with Crippen LogP contribution in [0, 0.1) is 0 Å². The number of rotatable bonds is 3. The summed E-state index contributed by atoms with van der Waals surface area (Å²) in [6.45, 7) is 3.46. The van der Waals surface area contributed by atoms with E-state index >= 15 is 0 Å². The zero-order valence-corrected chi connectivity index (χ0v) is 10.4. The summed E-state index contributed by atoms with van der Waals surface area (Å²) in [5.41, 5.74) is 1.11. The molecule has 0 aromatic carbocycles. The predicted molar refractivity (Wildman–Crippen MR) is 65.7 cm³/mol. The minimum atomic E-state index is -0.833. The molecule has 1 N–H and O–H groups in total. The summed E-state index contributed by atoms with van der Waals surface area (Å²) < 4.78 is 5.00. The van der Waals surface area contributed by atoms with Crippen molar-refractivity contribution < 1.29 is 14.6 Å². The first-order chi connectivity index (χ1) is 8.69. The van der Waals surface area contributed by atoms with E-state index in [2.05, 4.69) is 9.88 Å². The highest BCUT2D eigenvalue weighted by molar-refractivity contribution is 5.65. The number of ether oxygens (including phenoxy) is 1. The molecular weight excluding hydrogens is 234 g/mol. The molecule has 6 nitrogen and oxygen atoms in total. The van der Waals surface area contributed by atoms with Crippen LogP contribution in [0.5, 0.6) is 5.88 Å². The van der Waals surface area contributed by atoms with Gasteiger partial charge in [0.15, 0.2) is 0 Å². The van der Waals surface area contributed by atoms with Crippen molar-refractivity contribution >= 4 is 6.09 Å². The van der Waals surface area contributed by atoms with Crippen molar-refractivity contribution in [2.45, 2.75) is 6.54 Å². The lowest BCUT2D eigenvalue weighted by atomic mass is 10.2. The monoisotopic (exact) mass is 251 g/mol. The Morgan fingerprint density at radius 1 is 1.39 bits per heavy atom. The second kappa shape index (κ2) is 5.68. The molecule has 98 valence electrons. The van der Waals surface area contributed by atoms with Crippen molar-refractivity contribution in [1.82, 2.24) is 14.8 Å². The third-order valence-electron chi connectivity index (χ3n) is 3.06. The summed E-state index contributed by atoms with van der Waals surface area (Å²) in [7, 11) is 1.59. The molecule has 1 aromatic heterocycles. The standard InChI is InChI=1S/C12H17N3O3/c1-18-11-3-2-10(8-13-11)9-14-4-6-15(7-5-14)12(16)17/h2-3,8H,4-7,9H2,1H3,(H,16,17). The van der Waals surface area contributed by atoms with Crippen LogP contribution < -0.4 is 4.74 Å². The zero-order valence-electron chi connectivity index (χ0n) is 10.4. The number of amides is 1. The van der Waals surface area contributed by atoms with Crippen LogP contribution in [-0.2, 0) is 6.54 Å². The van der Waals surface area contributed by atoms with Gasteiger partial charge in [-0.05, 0) is 5.56 Å². The van der Waals surface area contributed by atoms with Crippen molar-refractivity contribution in [2.75, 3.05) is 33.3 Å². The first-order valence-corrected chi connectivity index (χ1v) is 5.88. The van der Waals surface area contributed by atoms with Gasteiger partial charge < -0.3 is 14.7 Å². The Kier molecular flexibility index (Phi) is 3.99. The van der Waals surface area contributed by atoms with Crippen LogP contribution in [0.3, 0.4) is 0 Å². The van der Waals surface area contributed by atoms with Gasteiger partial charge in [-0.2, -0.15) is 0 Å². The van der Waals surface area contributed by atoms with Gasteiger partial charge in [0.25, 0.3) is 0 Å². The van der Waals surface area contributed by atoms with E-state index in [-0.39, 0.29) is 0 Å². The third kappa shape index (κ3) is 3.10. The first-order valence-electron chi connectivity index (χ1n) is 5.88. The molecule has 0 aliphatic carbocycles. The van der Waals surface area contributed by atoms with Gasteiger partial charge in [-0.15, -0.1) is 0 Å². The summed E-state index contributed by atoms with van der Waals surface area (Å²) in [6, 6.07) is 3.82. The fraction of sp³-hybridized carbons (Fsp3) is 0.500. The normalized spacial score (nSPS) is 16.6. The van der Waals surface area contributed by atoms with Gasteiger partial charge in [-0.1, -0.05) is 6.07 Å². The Morgan fingerprint density at radius 3 is 2.61 bits per heavy atom. The number of aromatic nitrogens is 1. The summed E-state index contributed by atoms with van der Waals surface area (Å²) in [4.78, 5) is 18.6. The zero-order chi connectivity index (χ0) is 13.0. The van der Waals surface area contributed by atoms with E-state index in [0.29, 0.717) is 19.0 Å². The van der Waals surface area contributed by atoms with Gasteiger partial charge >= 0.3 is 6.09 Å². The van der Waals surface area contributed by atoms with Crippen LogP contribution >= 0.6 is 0 Å². The number of carboxylic acid groups (broad SMARTS) is 1. The molecule has 0 unspecified atom stereocenters. The maximum atomic E-state index is 10.8. The van der Waals surface area contributed by atoms with Crippen molar-refractivity contribution in [3.05, 3.63) is 23.9 Å². The molecule has 1 aliphatic heterocycles. The van der Waals surface area contributed by atoms with Gasteiger partial charge in [0.2, 0.25) is 5.88 Å². The Hall–Kier alpha value is -1.82. The topological polar surface area (TPSA) is 65.9 Å². The molecule has 0 bridgehead atoms. The lowest BCUT2D eigenvalue weighted by molar-refractivity contribution is 0.103. The molecule has 6 heteroatoms. The maximum absolute atomic E-state index is 10.8. The van der Waals surface area contributed by atoms with Crippen molar-refractivity contribution in [3.8, 4) is 5.88 Å². The van der Waals surface area contributed by atoms with E-state index < -0.39 is 6.09 Å².